The van der Waals surface area contributed by atoms with Gasteiger partial charge in [0, 0.05) is 31.9 Å². The molecule has 0 fully saturated rings. The average molecular weight is 478 g/mol. The van der Waals surface area contributed by atoms with Gasteiger partial charge in [-0.3, -0.25) is 9.58 Å². The van der Waals surface area contributed by atoms with Crippen LogP contribution in [0.3, 0.4) is 0 Å². The molecule has 1 aliphatic rings. The standard InChI is InChI=1S/C28H35N3O4/c1-16-8-10-19(11-9-16)23-17(2)20-14-31(26(32)22-12-13-30(7)29-22)15-21(20)18(3)24(23)25(27(33)34)35-28(4,5)6/h8-13,25-26,32H,14-15H2,1-7H3,(H,33,34)/t25-,26?/m0/s1. The van der Waals surface area contributed by atoms with Gasteiger partial charge in [-0.15, -0.1) is 0 Å². The van der Waals surface area contributed by atoms with E-state index in [1.807, 2.05) is 90.0 Å². The summed E-state index contributed by atoms with van der Waals surface area (Å²) >= 11 is 0. The Morgan fingerprint density at radius 3 is 2.14 bits per heavy atom. The number of hydrogen-bond donors (Lipinski definition) is 2. The van der Waals surface area contributed by atoms with E-state index in [-0.39, 0.29) is 0 Å². The van der Waals surface area contributed by atoms with Crippen molar-refractivity contribution in [1.29, 1.82) is 0 Å². The second kappa shape index (κ2) is 9.22. The Labute approximate surface area is 207 Å². The Kier molecular flexibility index (Phi) is 6.62. The number of nitrogens with zero attached hydrogens (tertiary/aromatic N) is 3. The van der Waals surface area contributed by atoms with E-state index in [0.717, 1.165) is 38.9 Å². The molecule has 2 heterocycles. The summed E-state index contributed by atoms with van der Waals surface area (Å²) in [6, 6.07) is 9.97. The minimum absolute atomic E-state index is 0.503. The fourth-order valence-corrected chi connectivity index (χ4v) is 4.98. The highest BCUT2D eigenvalue weighted by Gasteiger charge is 2.37. The average Bonchev–Trinajstić information content (AvgIpc) is 3.41. The molecule has 2 N–H and O–H groups in total. The second-order valence-corrected chi connectivity index (χ2v) is 10.5. The van der Waals surface area contributed by atoms with Gasteiger partial charge in [0.15, 0.2) is 12.3 Å². The summed E-state index contributed by atoms with van der Waals surface area (Å²) in [7, 11) is 1.82. The lowest BCUT2D eigenvalue weighted by Gasteiger charge is -2.30. The van der Waals surface area contributed by atoms with Crippen LogP contribution in [-0.2, 0) is 29.7 Å². The van der Waals surface area contributed by atoms with Crippen LogP contribution in [0.5, 0.6) is 0 Å². The van der Waals surface area contributed by atoms with Crippen LogP contribution in [0.25, 0.3) is 11.1 Å². The molecule has 7 nitrogen and oxygen atoms in total. The van der Waals surface area contributed by atoms with Crippen molar-refractivity contribution in [2.75, 3.05) is 0 Å². The molecule has 1 unspecified atom stereocenters. The van der Waals surface area contributed by atoms with E-state index in [4.69, 9.17) is 4.74 Å². The Bertz CT molecular complexity index is 1250. The molecule has 0 bridgehead atoms. The molecule has 0 aliphatic carbocycles. The zero-order valence-electron chi connectivity index (χ0n) is 21.6. The Morgan fingerprint density at radius 1 is 1.03 bits per heavy atom. The van der Waals surface area contributed by atoms with E-state index < -0.39 is 23.9 Å². The van der Waals surface area contributed by atoms with Crippen molar-refractivity contribution in [3.05, 3.63) is 75.6 Å². The largest absolute Gasteiger partial charge is 0.479 e. The zero-order chi connectivity index (χ0) is 25.7. The van der Waals surface area contributed by atoms with Crippen molar-refractivity contribution in [2.24, 2.45) is 7.05 Å². The molecule has 1 aliphatic heterocycles. The van der Waals surface area contributed by atoms with Crippen LogP contribution in [0.4, 0.5) is 0 Å². The van der Waals surface area contributed by atoms with Gasteiger partial charge in [-0.1, -0.05) is 29.8 Å². The molecular weight excluding hydrogens is 442 g/mol. The number of aromatic nitrogens is 2. The summed E-state index contributed by atoms with van der Waals surface area (Å²) in [5, 5.41) is 25.7. The molecule has 0 saturated heterocycles. The Morgan fingerprint density at radius 2 is 1.63 bits per heavy atom. The second-order valence-electron chi connectivity index (χ2n) is 10.5. The van der Waals surface area contributed by atoms with E-state index in [0.29, 0.717) is 24.3 Å². The minimum Gasteiger partial charge on any atom is -0.479 e. The maximum Gasteiger partial charge on any atom is 0.337 e. The fourth-order valence-electron chi connectivity index (χ4n) is 4.98. The van der Waals surface area contributed by atoms with Gasteiger partial charge in [0.2, 0.25) is 0 Å². The van der Waals surface area contributed by atoms with Crippen LogP contribution in [0.1, 0.15) is 72.2 Å². The summed E-state index contributed by atoms with van der Waals surface area (Å²) in [5.41, 5.74) is 7.70. The number of aliphatic hydroxyl groups excluding tert-OH is 1. The molecule has 186 valence electrons. The number of carboxylic acid groups (broad SMARTS) is 1. The van der Waals surface area contributed by atoms with Gasteiger partial charge in [0.05, 0.1) is 5.60 Å². The van der Waals surface area contributed by atoms with Crippen LogP contribution >= 0.6 is 0 Å². The van der Waals surface area contributed by atoms with Crippen LogP contribution in [0.15, 0.2) is 36.5 Å². The highest BCUT2D eigenvalue weighted by atomic mass is 16.5. The third-order valence-electron chi connectivity index (χ3n) is 6.68. The molecular formula is C28H35N3O4. The monoisotopic (exact) mass is 477 g/mol. The summed E-state index contributed by atoms with van der Waals surface area (Å²) in [5.74, 6) is -1.01. The molecule has 35 heavy (non-hydrogen) atoms. The molecule has 2 aromatic carbocycles. The number of carboxylic acids is 1. The van der Waals surface area contributed by atoms with Crippen molar-refractivity contribution in [2.45, 2.75) is 72.6 Å². The summed E-state index contributed by atoms with van der Waals surface area (Å²) in [6.07, 6.45) is -0.160. The van der Waals surface area contributed by atoms with Crippen LogP contribution < -0.4 is 0 Å². The number of aryl methyl sites for hydroxylation is 2. The first-order valence-electron chi connectivity index (χ1n) is 11.9. The molecule has 4 rings (SSSR count). The first-order chi connectivity index (χ1) is 16.4. The summed E-state index contributed by atoms with van der Waals surface area (Å²) in [4.78, 5) is 14.5. The zero-order valence-corrected chi connectivity index (χ0v) is 21.6. The normalized spacial score (nSPS) is 15.8. The SMILES string of the molecule is Cc1ccc(-c2c(C)c3c(c(C)c2[C@H](OC(C)(C)C)C(=O)O)CN(C(O)c2ccn(C)n2)C3)cc1. The van der Waals surface area contributed by atoms with Crippen molar-refractivity contribution in [3.63, 3.8) is 0 Å². The number of fused-ring (bicyclic) bond motifs is 1. The molecule has 0 amide bonds. The van der Waals surface area contributed by atoms with E-state index in [2.05, 4.69) is 5.10 Å². The van der Waals surface area contributed by atoms with E-state index in [1.54, 1.807) is 4.68 Å². The quantitative estimate of drug-likeness (QED) is 0.522. The van der Waals surface area contributed by atoms with Crippen molar-refractivity contribution >= 4 is 5.97 Å². The van der Waals surface area contributed by atoms with E-state index in [1.165, 1.54) is 0 Å². The van der Waals surface area contributed by atoms with E-state index >= 15 is 0 Å². The highest BCUT2D eigenvalue weighted by Crippen LogP contribution is 2.44. The molecule has 7 heteroatoms. The molecule has 0 radical (unpaired) electrons. The molecule has 0 saturated carbocycles. The van der Waals surface area contributed by atoms with Gasteiger partial charge in [-0.25, -0.2) is 4.79 Å². The van der Waals surface area contributed by atoms with Gasteiger partial charge in [-0.2, -0.15) is 5.10 Å². The van der Waals surface area contributed by atoms with E-state index in [9.17, 15) is 15.0 Å². The van der Waals surface area contributed by atoms with Crippen LogP contribution in [0, 0.1) is 20.8 Å². The third kappa shape index (κ3) is 4.89. The first kappa shape index (κ1) is 25.1. The Balaban J connectivity index is 1.89. The molecule has 1 aromatic heterocycles. The summed E-state index contributed by atoms with van der Waals surface area (Å²) in [6.45, 7) is 12.7. The number of carbonyl (C=O) groups is 1. The molecule has 2 atom stereocenters. The lowest BCUT2D eigenvalue weighted by Crippen LogP contribution is -2.28. The maximum absolute atomic E-state index is 12.6. The van der Waals surface area contributed by atoms with Gasteiger partial charge >= 0.3 is 5.97 Å². The lowest BCUT2D eigenvalue weighted by atomic mass is 9.83. The predicted octanol–water partition coefficient (Wildman–Crippen LogP) is 4.96. The lowest BCUT2D eigenvalue weighted by molar-refractivity contribution is -0.160. The topological polar surface area (TPSA) is 87.8 Å². The number of ether oxygens (including phenoxy) is 1. The molecule has 0 spiro atoms. The predicted molar refractivity (Wildman–Crippen MR) is 135 cm³/mol. The fraction of sp³-hybridized carbons (Fsp3) is 0.429. The van der Waals surface area contributed by atoms with Gasteiger partial charge in [-0.05, 0) is 81.0 Å². The highest BCUT2D eigenvalue weighted by molar-refractivity contribution is 5.84. The van der Waals surface area contributed by atoms with Crippen LogP contribution in [-0.4, -0.2) is 36.5 Å². The number of benzene rings is 2. The van der Waals surface area contributed by atoms with Crippen molar-refractivity contribution < 1.29 is 19.7 Å². The summed E-state index contributed by atoms with van der Waals surface area (Å²) < 4.78 is 7.81. The molecule has 3 aromatic rings. The first-order valence-corrected chi connectivity index (χ1v) is 11.9. The maximum atomic E-state index is 12.6. The van der Waals surface area contributed by atoms with Crippen LogP contribution in [0.2, 0.25) is 0 Å². The smallest absolute Gasteiger partial charge is 0.337 e. The Hall–Kier alpha value is -3.00. The number of aliphatic carboxylic acids is 1. The number of aliphatic hydroxyl groups is 1. The number of rotatable bonds is 6. The van der Waals surface area contributed by atoms with Crippen molar-refractivity contribution in [3.8, 4) is 11.1 Å². The number of hydrogen-bond acceptors (Lipinski definition) is 5. The third-order valence-corrected chi connectivity index (χ3v) is 6.68. The van der Waals surface area contributed by atoms with Crippen molar-refractivity contribution in [1.82, 2.24) is 14.7 Å². The van der Waals surface area contributed by atoms with Gasteiger partial charge in [0.1, 0.15) is 5.69 Å². The minimum atomic E-state index is -1.12. The van der Waals surface area contributed by atoms with Gasteiger partial charge in [0.25, 0.3) is 0 Å². The van der Waals surface area contributed by atoms with Gasteiger partial charge < -0.3 is 14.9 Å².